The van der Waals surface area contributed by atoms with Crippen LogP contribution in [0.2, 0.25) is 10.3 Å². The lowest BCUT2D eigenvalue weighted by atomic mass is 9.82. The maximum Gasteiger partial charge on any atom is 0.310 e. The summed E-state index contributed by atoms with van der Waals surface area (Å²) in [4.78, 5) is 30.9. The van der Waals surface area contributed by atoms with Gasteiger partial charge in [0.1, 0.15) is 12.0 Å². The van der Waals surface area contributed by atoms with E-state index in [-0.39, 0.29) is 22.4 Å². The summed E-state index contributed by atoms with van der Waals surface area (Å²) in [6.45, 7) is 0. The standard InChI is InChI=1S/C12H13Cl2N3O3/c13-9-8(10(14)16-6-15-9)17-7(18)5-12(11(19)20)3-1-2-4-12/h6H,1-5H2,(H,17,18)(H,19,20). The largest absolute Gasteiger partial charge is 0.481 e. The predicted molar refractivity (Wildman–Crippen MR) is 73.8 cm³/mol. The van der Waals surface area contributed by atoms with Crippen LogP contribution in [0.5, 0.6) is 0 Å². The number of nitrogens with one attached hydrogen (secondary N) is 1. The summed E-state index contributed by atoms with van der Waals surface area (Å²) >= 11 is 11.6. The lowest BCUT2D eigenvalue weighted by Gasteiger charge is -2.22. The Morgan fingerprint density at radius 1 is 1.25 bits per heavy atom. The van der Waals surface area contributed by atoms with Crippen molar-refractivity contribution < 1.29 is 14.7 Å². The molecule has 2 N–H and O–H groups in total. The highest BCUT2D eigenvalue weighted by atomic mass is 35.5. The fourth-order valence-electron chi connectivity index (χ4n) is 2.46. The van der Waals surface area contributed by atoms with Gasteiger partial charge in [-0.25, -0.2) is 9.97 Å². The molecule has 0 aliphatic heterocycles. The van der Waals surface area contributed by atoms with Crippen molar-refractivity contribution in [3.63, 3.8) is 0 Å². The van der Waals surface area contributed by atoms with Crippen molar-refractivity contribution >= 4 is 40.8 Å². The van der Waals surface area contributed by atoms with Gasteiger partial charge in [-0.3, -0.25) is 9.59 Å². The molecule has 1 fully saturated rings. The first-order valence-corrected chi connectivity index (χ1v) is 6.89. The van der Waals surface area contributed by atoms with Gasteiger partial charge in [-0.15, -0.1) is 0 Å². The van der Waals surface area contributed by atoms with E-state index in [1.54, 1.807) is 0 Å². The lowest BCUT2D eigenvalue weighted by molar-refractivity contribution is -0.150. The smallest absolute Gasteiger partial charge is 0.310 e. The first-order chi connectivity index (χ1) is 9.44. The minimum absolute atomic E-state index is 0.0224. The maximum absolute atomic E-state index is 12.0. The zero-order valence-electron chi connectivity index (χ0n) is 10.5. The molecule has 0 aromatic carbocycles. The van der Waals surface area contributed by atoms with Crippen LogP contribution in [0.1, 0.15) is 32.1 Å². The summed E-state index contributed by atoms with van der Waals surface area (Å²) in [7, 11) is 0. The van der Waals surface area contributed by atoms with Gasteiger partial charge in [0.25, 0.3) is 0 Å². The summed E-state index contributed by atoms with van der Waals surface area (Å²) < 4.78 is 0. The van der Waals surface area contributed by atoms with Crippen LogP contribution in [-0.4, -0.2) is 27.0 Å². The van der Waals surface area contributed by atoms with Crippen molar-refractivity contribution in [3.05, 3.63) is 16.6 Å². The number of carbonyl (C=O) groups excluding carboxylic acids is 1. The van der Waals surface area contributed by atoms with Crippen LogP contribution in [0.15, 0.2) is 6.33 Å². The Morgan fingerprint density at radius 3 is 2.30 bits per heavy atom. The van der Waals surface area contributed by atoms with Crippen LogP contribution in [0.3, 0.4) is 0 Å². The number of aromatic nitrogens is 2. The quantitative estimate of drug-likeness (QED) is 0.833. The number of hydrogen-bond acceptors (Lipinski definition) is 4. The Bertz CT molecular complexity index is 524. The molecular formula is C12H13Cl2N3O3. The molecule has 0 unspecified atom stereocenters. The Kier molecular flexibility index (Phi) is 4.45. The van der Waals surface area contributed by atoms with Gasteiger partial charge in [-0.2, -0.15) is 0 Å². The van der Waals surface area contributed by atoms with E-state index in [4.69, 9.17) is 23.2 Å². The summed E-state index contributed by atoms with van der Waals surface area (Å²) in [5.41, 5.74) is -0.877. The molecule has 6 nitrogen and oxygen atoms in total. The summed E-state index contributed by atoms with van der Waals surface area (Å²) in [5.74, 6) is -1.39. The van der Waals surface area contributed by atoms with E-state index >= 15 is 0 Å². The average Bonchev–Trinajstić information content (AvgIpc) is 2.84. The number of rotatable bonds is 4. The highest BCUT2D eigenvalue weighted by Crippen LogP contribution is 2.41. The van der Waals surface area contributed by atoms with E-state index in [0.29, 0.717) is 12.8 Å². The molecule has 0 saturated heterocycles. The normalized spacial score (nSPS) is 16.9. The number of carboxylic acid groups (broad SMARTS) is 1. The fraction of sp³-hybridized carbons (Fsp3) is 0.500. The third-order valence-corrected chi connectivity index (χ3v) is 4.11. The Labute approximate surface area is 125 Å². The van der Waals surface area contributed by atoms with Crippen LogP contribution in [0.4, 0.5) is 5.69 Å². The molecule has 2 rings (SSSR count). The minimum Gasteiger partial charge on any atom is -0.481 e. The first kappa shape index (κ1) is 15.0. The molecular weight excluding hydrogens is 305 g/mol. The highest BCUT2D eigenvalue weighted by molar-refractivity contribution is 6.38. The number of anilines is 1. The monoisotopic (exact) mass is 317 g/mol. The van der Waals surface area contributed by atoms with Crippen LogP contribution in [-0.2, 0) is 9.59 Å². The summed E-state index contributed by atoms with van der Waals surface area (Å²) in [5, 5.41) is 11.9. The number of carbonyl (C=O) groups is 2. The number of carboxylic acids is 1. The van der Waals surface area contributed by atoms with Crippen molar-refractivity contribution in [2.75, 3.05) is 5.32 Å². The molecule has 0 atom stereocenters. The van der Waals surface area contributed by atoms with Gasteiger partial charge in [0.2, 0.25) is 5.91 Å². The fourth-order valence-corrected chi connectivity index (χ4v) is 2.87. The molecule has 1 aromatic heterocycles. The van der Waals surface area contributed by atoms with Crippen molar-refractivity contribution in [2.45, 2.75) is 32.1 Å². The summed E-state index contributed by atoms with van der Waals surface area (Å²) in [6.07, 6.45) is 3.70. The third-order valence-electron chi connectivity index (χ3n) is 3.53. The van der Waals surface area contributed by atoms with Crippen molar-refractivity contribution in [3.8, 4) is 0 Å². The van der Waals surface area contributed by atoms with E-state index in [1.165, 1.54) is 6.33 Å². The van der Waals surface area contributed by atoms with E-state index in [0.717, 1.165) is 12.8 Å². The second kappa shape index (κ2) is 5.93. The summed E-state index contributed by atoms with van der Waals surface area (Å²) in [6, 6.07) is 0. The number of halogens is 2. The lowest BCUT2D eigenvalue weighted by Crippen LogP contribution is -2.32. The molecule has 20 heavy (non-hydrogen) atoms. The van der Waals surface area contributed by atoms with Gasteiger partial charge in [0.05, 0.1) is 5.41 Å². The maximum atomic E-state index is 12.0. The van der Waals surface area contributed by atoms with Crippen molar-refractivity contribution in [1.29, 1.82) is 0 Å². The van der Waals surface area contributed by atoms with Crippen LogP contribution in [0, 0.1) is 5.41 Å². The molecule has 1 heterocycles. The van der Waals surface area contributed by atoms with E-state index in [9.17, 15) is 14.7 Å². The Hall–Kier alpha value is -1.40. The van der Waals surface area contributed by atoms with Gasteiger partial charge < -0.3 is 10.4 Å². The Balaban J connectivity index is 2.11. The first-order valence-electron chi connectivity index (χ1n) is 6.14. The van der Waals surface area contributed by atoms with E-state index in [2.05, 4.69) is 15.3 Å². The van der Waals surface area contributed by atoms with Crippen LogP contribution < -0.4 is 5.32 Å². The SMILES string of the molecule is O=C(CC1(C(=O)O)CCCC1)Nc1c(Cl)ncnc1Cl. The number of amides is 1. The minimum atomic E-state index is -0.987. The molecule has 0 bridgehead atoms. The average molecular weight is 318 g/mol. The van der Waals surface area contributed by atoms with Gasteiger partial charge >= 0.3 is 5.97 Å². The molecule has 1 aliphatic rings. The molecule has 1 aromatic rings. The molecule has 8 heteroatoms. The van der Waals surface area contributed by atoms with Gasteiger partial charge in [0, 0.05) is 6.42 Å². The predicted octanol–water partition coefficient (Wildman–Crippen LogP) is 2.76. The molecule has 1 amide bonds. The zero-order valence-corrected chi connectivity index (χ0v) is 12.0. The second-order valence-corrected chi connectivity index (χ2v) is 5.56. The topological polar surface area (TPSA) is 92.2 Å². The van der Waals surface area contributed by atoms with E-state index in [1.807, 2.05) is 0 Å². The number of nitrogens with zero attached hydrogens (tertiary/aromatic N) is 2. The molecule has 0 radical (unpaired) electrons. The van der Waals surface area contributed by atoms with Gasteiger partial charge in [0.15, 0.2) is 10.3 Å². The molecule has 1 aliphatic carbocycles. The van der Waals surface area contributed by atoms with Crippen molar-refractivity contribution in [1.82, 2.24) is 9.97 Å². The van der Waals surface area contributed by atoms with Gasteiger partial charge in [-0.05, 0) is 12.8 Å². The molecule has 1 saturated carbocycles. The Morgan fingerprint density at radius 2 is 1.80 bits per heavy atom. The van der Waals surface area contributed by atoms with Crippen LogP contribution >= 0.6 is 23.2 Å². The van der Waals surface area contributed by atoms with Crippen LogP contribution in [0.25, 0.3) is 0 Å². The second-order valence-electron chi connectivity index (χ2n) is 4.85. The third kappa shape index (κ3) is 3.02. The molecule has 0 spiro atoms. The van der Waals surface area contributed by atoms with Crippen molar-refractivity contribution in [2.24, 2.45) is 5.41 Å². The zero-order chi connectivity index (χ0) is 14.8. The van der Waals surface area contributed by atoms with Gasteiger partial charge in [-0.1, -0.05) is 36.0 Å². The number of hydrogen-bond donors (Lipinski definition) is 2. The highest BCUT2D eigenvalue weighted by Gasteiger charge is 2.43. The van der Waals surface area contributed by atoms with E-state index < -0.39 is 17.3 Å². The molecule has 108 valence electrons. The number of aliphatic carboxylic acids is 1.